The molecule has 1 fully saturated rings. The Kier molecular flexibility index (Phi) is 8.03. The lowest BCUT2D eigenvalue weighted by Crippen LogP contribution is -2.51. The van der Waals surface area contributed by atoms with E-state index in [-0.39, 0.29) is 24.5 Å². The Bertz CT molecular complexity index is 1490. The van der Waals surface area contributed by atoms with Crippen LogP contribution in [0.25, 0.3) is 20.8 Å². The van der Waals surface area contributed by atoms with Crippen molar-refractivity contribution in [3.05, 3.63) is 59.1 Å². The molecule has 0 spiro atoms. The second kappa shape index (κ2) is 11.8. The molecule has 1 saturated heterocycles. The van der Waals surface area contributed by atoms with Gasteiger partial charge in [-0.1, -0.05) is 6.07 Å². The van der Waals surface area contributed by atoms with Gasteiger partial charge in [-0.15, -0.1) is 22.7 Å². The van der Waals surface area contributed by atoms with Gasteiger partial charge in [0.2, 0.25) is 5.91 Å². The van der Waals surface area contributed by atoms with Crippen molar-refractivity contribution in [2.45, 2.75) is 20.3 Å². The summed E-state index contributed by atoms with van der Waals surface area (Å²) in [5, 5.41) is 8.79. The first-order valence-corrected chi connectivity index (χ1v) is 14.3. The maximum absolute atomic E-state index is 12.6. The summed E-state index contributed by atoms with van der Waals surface area (Å²) in [6.07, 6.45) is -0.275. The third kappa shape index (κ3) is 6.52. The van der Waals surface area contributed by atoms with E-state index in [0.717, 1.165) is 20.8 Å². The van der Waals surface area contributed by atoms with Crippen LogP contribution in [-0.4, -0.2) is 70.6 Å². The van der Waals surface area contributed by atoms with Crippen molar-refractivity contribution in [2.75, 3.05) is 43.4 Å². The lowest BCUT2D eigenvalue weighted by Gasteiger charge is -2.33. The van der Waals surface area contributed by atoms with Gasteiger partial charge in [0, 0.05) is 42.8 Å². The van der Waals surface area contributed by atoms with Crippen LogP contribution in [0.15, 0.2) is 47.8 Å². The molecule has 2 aromatic heterocycles. The number of carbonyl (C=O) groups excluding carboxylic acids is 3. The van der Waals surface area contributed by atoms with Crippen molar-refractivity contribution in [2.24, 2.45) is 0 Å². The van der Waals surface area contributed by atoms with Crippen LogP contribution in [-0.2, 0) is 16.0 Å². The summed E-state index contributed by atoms with van der Waals surface area (Å²) < 4.78 is 6.16. The number of aromatic nitrogens is 2. The third-order valence-corrected chi connectivity index (χ3v) is 8.03. The molecule has 0 radical (unpaired) electrons. The van der Waals surface area contributed by atoms with E-state index in [1.807, 2.05) is 30.3 Å². The molecule has 3 heterocycles. The van der Waals surface area contributed by atoms with Gasteiger partial charge in [0.15, 0.2) is 5.13 Å². The number of aryl methyl sites for hydroxylation is 1. The summed E-state index contributed by atoms with van der Waals surface area (Å²) in [4.78, 5) is 49.3. The molecule has 39 heavy (non-hydrogen) atoms. The Balaban J connectivity index is 1.11. The number of fused-ring (bicyclic) bond motifs is 1. The average Bonchev–Trinajstić information content (AvgIpc) is 3.55. The van der Waals surface area contributed by atoms with E-state index in [0.29, 0.717) is 49.3 Å². The molecular weight excluding hydrogens is 536 g/mol. The van der Waals surface area contributed by atoms with Gasteiger partial charge < -0.3 is 19.9 Å². The molecule has 1 aliphatic heterocycles. The number of nitrogens with zero attached hydrogens (tertiary/aromatic N) is 4. The molecule has 4 aromatic rings. The molecule has 5 rings (SSSR count). The second-order valence-electron chi connectivity index (χ2n) is 9.04. The Labute approximate surface area is 233 Å². The molecule has 10 nitrogen and oxygen atoms in total. The number of hydrogen-bond acceptors (Lipinski definition) is 8. The summed E-state index contributed by atoms with van der Waals surface area (Å²) in [6.45, 7) is 5.79. The van der Waals surface area contributed by atoms with Gasteiger partial charge in [0.05, 0.1) is 28.9 Å². The van der Waals surface area contributed by atoms with Crippen LogP contribution < -0.4 is 10.6 Å². The van der Waals surface area contributed by atoms with E-state index < -0.39 is 0 Å². The Morgan fingerprint density at radius 2 is 1.72 bits per heavy atom. The molecule has 2 N–H and O–H groups in total. The van der Waals surface area contributed by atoms with E-state index in [1.165, 1.54) is 16.9 Å². The van der Waals surface area contributed by atoms with Gasteiger partial charge in [-0.3, -0.25) is 10.1 Å². The smallest absolute Gasteiger partial charge is 0.409 e. The molecule has 0 bridgehead atoms. The number of amides is 4. The first-order valence-electron chi connectivity index (χ1n) is 12.6. The van der Waals surface area contributed by atoms with Crippen LogP contribution in [0.2, 0.25) is 0 Å². The van der Waals surface area contributed by atoms with Crippen molar-refractivity contribution >= 4 is 61.7 Å². The van der Waals surface area contributed by atoms with E-state index >= 15 is 0 Å². The van der Waals surface area contributed by atoms with Crippen molar-refractivity contribution in [3.63, 3.8) is 0 Å². The topological polar surface area (TPSA) is 117 Å². The fourth-order valence-electron chi connectivity index (χ4n) is 4.14. The van der Waals surface area contributed by atoms with Crippen LogP contribution in [0.3, 0.4) is 0 Å². The summed E-state index contributed by atoms with van der Waals surface area (Å²) in [5.41, 5.74) is 4.44. The highest BCUT2D eigenvalue weighted by molar-refractivity contribution is 7.21. The maximum Gasteiger partial charge on any atom is 0.409 e. The normalized spacial score (nSPS) is 13.4. The number of carbonyl (C=O) groups is 3. The fourth-order valence-corrected chi connectivity index (χ4v) is 5.91. The van der Waals surface area contributed by atoms with Gasteiger partial charge >= 0.3 is 12.1 Å². The molecule has 0 atom stereocenters. The summed E-state index contributed by atoms with van der Waals surface area (Å²) in [5.74, 6) is -0.198. The maximum atomic E-state index is 12.6. The molecule has 1 aliphatic rings. The largest absolute Gasteiger partial charge is 0.450 e. The van der Waals surface area contributed by atoms with Crippen LogP contribution in [0.5, 0.6) is 0 Å². The van der Waals surface area contributed by atoms with Crippen molar-refractivity contribution in [1.29, 1.82) is 0 Å². The highest BCUT2D eigenvalue weighted by atomic mass is 32.1. The lowest BCUT2D eigenvalue weighted by molar-refractivity contribution is -0.115. The predicted molar refractivity (Wildman–Crippen MR) is 153 cm³/mol. The number of anilines is 2. The first kappa shape index (κ1) is 26.6. The number of ether oxygens (including phenoxy) is 1. The molecule has 202 valence electrons. The van der Waals surface area contributed by atoms with Crippen molar-refractivity contribution in [3.8, 4) is 10.6 Å². The first-order chi connectivity index (χ1) is 18.9. The van der Waals surface area contributed by atoms with Crippen LogP contribution in [0.4, 0.5) is 20.4 Å². The summed E-state index contributed by atoms with van der Waals surface area (Å²) >= 11 is 2.91. The molecular formula is C27H28N6O4S2. The number of benzene rings is 2. The Morgan fingerprint density at radius 3 is 2.46 bits per heavy atom. The van der Waals surface area contributed by atoms with E-state index in [9.17, 15) is 14.4 Å². The third-order valence-electron chi connectivity index (χ3n) is 6.16. The SMILES string of the molecule is CCOC(=O)N1CCN(C(=O)Nc2nc(CC(=O)Nc3ccc(-c4nc5ccc(C)cc5s4)cc3)cs2)CC1. The quantitative estimate of drug-likeness (QED) is 0.332. The molecule has 0 unspecified atom stereocenters. The predicted octanol–water partition coefficient (Wildman–Crippen LogP) is 5.22. The Morgan fingerprint density at radius 1 is 0.974 bits per heavy atom. The van der Waals surface area contributed by atoms with Gasteiger partial charge in [-0.25, -0.2) is 19.6 Å². The second-order valence-corrected chi connectivity index (χ2v) is 10.9. The molecule has 2 aromatic carbocycles. The zero-order valence-corrected chi connectivity index (χ0v) is 23.2. The van der Waals surface area contributed by atoms with E-state index in [4.69, 9.17) is 9.72 Å². The number of thiazole rings is 2. The lowest BCUT2D eigenvalue weighted by atomic mass is 10.2. The Hall–Kier alpha value is -4.03. The molecule has 0 aliphatic carbocycles. The monoisotopic (exact) mass is 564 g/mol. The minimum absolute atomic E-state index is 0.0869. The standard InChI is InChI=1S/C27H28N6O4S2/c1-3-37-27(36)33-12-10-32(11-13-33)26(35)31-25-29-20(16-38-25)15-23(34)28-19-7-5-18(6-8-19)24-30-21-9-4-17(2)14-22(21)39-24/h4-9,14,16H,3,10-13,15H2,1-2H3,(H,28,34)(H,29,31,35). The van der Waals surface area contributed by atoms with Crippen LogP contribution in [0, 0.1) is 6.92 Å². The zero-order chi connectivity index (χ0) is 27.4. The van der Waals surface area contributed by atoms with Crippen LogP contribution in [0.1, 0.15) is 18.2 Å². The van der Waals surface area contributed by atoms with Crippen LogP contribution >= 0.6 is 22.7 Å². The zero-order valence-electron chi connectivity index (χ0n) is 21.6. The van der Waals surface area contributed by atoms with Gasteiger partial charge in [0.25, 0.3) is 0 Å². The highest BCUT2D eigenvalue weighted by Crippen LogP contribution is 2.31. The number of piperazine rings is 1. The van der Waals surface area contributed by atoms with Crippen molar-refractivity contribution in [1.82, 2.24) is 19.8 Å². The summed E-state index contributed by atoms with van der Waals surface area (Å²) in [6, 6.07) is 13.6. The number of rotatable bonds is 6. The van der Waals surface area contributed by atoms with Gasteiger partial charge in [-0.05, 0) is 55.8 Å². The molecule has 4 amide bonds. The molecule has 0 saturated carbocycles. The highest BCUT2D eigenvalue weighted by Gasteiger charge is 2.25. The number of hydrogen-bond donors (Lipinski definition) is 2. The van der Waals surface area contributed by atoms with E-state index in [2.05, 4.69) is 34.7 Å². The number of nitrogens with one attached hydrogen (secondary N) is 2. The summed E-state index contributed by atoms with van der Waals surface area (Å²) in [7, 11) is 0. The van der Waals surface area contributed by atoms with Crippen molar-refractivity contribution < 1.29 is 19.1 Å². The minimum atomic E-state index is -0.361. The van der Waals surface area contributed by atoms with E-state index in [1.54, 1.807) is 33.4 Å². The minimum Gasteiger partial charge on any atom is -0.450 e. The average molecular weight is 565 g/mol. The fraction of sp³-hybridized carbons (Fsp3) is 0.296. The van der Waals surface area contributed by atoms with Gasteiger partial charge in [0.1, 0.15) is 5.01 Å². The number of urea groups is 1. The van der Waals surface area contributed by atoms with Gasteiger partial charge in [-0.2, -0.15) is 0 Å². The molecule has 12 heteroatoms.